The average molecular weight is 331 g/mol. The van der Waals surface area contributed by atoms with Gasteiger partial charge in [0.25, 0.3) is 0 Å². The maximum Gasteiger partial charge on any atom is 0.417 e. The van der Waals surface area contributed by atoms with E-state index in [0.717, 1.165) is 6.07 Å². The molecule has 0 heterocycles. The van der Waals surface area contributed by atoms with Gasteiger partial charge in [0.2, 0.25) is 0 Å². The topological polar surface area (TPSA) is 38.0 Å². The van der Waals surface area contributed by atoms with Crippen LogP contribution in [0.5, 0.6) is 0 Å². The zero-order valence-corrected chi connectivity index (χ0v) is 11.2. The smallest absolute Gasteiger partial charge is 0.399 e. The molecule has 19 heavy (non-hydrogen) atoms. The van der Waals surface area contributed by atoms with Crippen molar-refractivity contribution in [1.29, 1.82) is 0 Å². The van der Waals surface area contributed by atoms with Crippen LogP contribution < -0.4 is 11.1 Å². The quantitative estimate of drug-likeness (QED) is 0.776. The second-order valence-electron chi connectivity index (χ2n) is 3.94. The summed E-state index contributed by atoms with van der Waals surface area (Å²) in [5.41, 5.74) is 6.45. The number of halogens is 4. The van der Waals surface area contributed by atoms with E-state index in [2.05, 4.69) is 21.2 Å². The van der Waals surface area contributed by atoms with Crippen LogP contribution in [0.15, 0.2) is 46.9 Å². The van der Waals surface area contributed by atoms with Gasteiger partial charge in [0, 0.05) is 21.5 Å². The molecule has 0 fully saturated rings. The van der Waals surface area contributed by atoms with Crippen molar-refractivity contribution >= 4 is 33.0 Å². The molecule has 0 aliphatic carbocycles. The van der Waals surface area contributed by atoms with Gasteiger partial charge in [0.1, 0.15) is 0 Å². The zero-order valence-electron chi connectivity index (χ0n) is 9.63. The maximum absolute atomic E-state index is 12.7. The van der Waals surface area contributed by atoms with E-state index >= 15 is 0 Å². The highest BCUT2D eigenvalue weighted by Crippen LogP contribution is 2.36. The summed E-state index contributed by atoms with van der Waals surface area (Å²) in [5.74, 6) is 0. The van der Waals surface area contributed by atoms with Crippen LogP contribution in [-0.4, -0.2) is 0 Å². The highest BCUT2D eigenvalue weighted by atomic mass is 79.9. The minimum Gasteiger partial charge on any atom is -0.399 e. The van der Waals surface area contributed by atoms with E-state index in [4.69, 9.17) is 5.73 Å². The molecule has 3 N–H and O–H groups in total. The molecule has 2 aromatic rings. The molecular weight excluding hydrogens is 321 g/mol. The Balaban J connectivity index is 2.29. The van der Waals surface area contributed by atoms with Crippen molar-refractivity contribution in [2.75, 3.05) is 11.1 Å². The van der Waals surface area contributed by atoms with Gasteiger partial charge in [-0.15, -0.1) is 0 Å². The molecule has 0 aliphatic heterocycles. The Morgan fingerprint density at radius 1 is 0.947 bits per heavy atom. The molecule has 2 aromatic carbocycles. The second kappa shape index (κ2) is 5.13. The normalized spacial score (nSPS) is 11.4. The third-order valence-corrected chi connectivity index (χ3v) is 3.16. The van der Waals surface area contributed by atoms with Crippen molar-refractivity contribution in [2.24, 2.45) is 0 Å². The fourth-order valence-corrected chi connectivity index (χ4v) is 2.02. The minimum absolute atomic E-state index is 0.0165. The number of benzene rings is 2. The van der Waals surface area contributed by atoms with Gasteiger partial charge < -0.3 is 11.1 Å². The van der Waals surface area contributed by atoms with Crippen LogP contribution in [0.25, 0.3) is 0 Å². The Morgan fingerprint density at radius 2 is 1.53 bits per heavy atom. The van der Waals surface area contributed by atoms with Gasteiger partial charge in [0.05, 0.1) is 5.56 Å². The fraction of sp³-hybridized carbons (Fsp3) is 0.0769. The molecule has 0 aromatic heterocycles. The van der Waals surface area contributed by atoms with Crippen LogP contribution in [0, 0.1) is 0 Å². The molecule has 0 bridgehead atoms. The molecule has 0 radical (unpaired) electrons. The SMILES string of the molecule is Nc1ccc(Nc2ccc(Br)c(C(F)(F)F)c2)cc1. The summed E-state index contributed by atoms with van der Waals surface area (Å²) in [7, 11) is 0. The average Bonchev–Trinajstić information content (AvgIpc) is 2.33. The van der Waals surface area contributed by atoms with Gasteiger partial charge in [-0.2, -0.15) is 13.2 Å². The lowest BCUT2D eigenvalue weighted by Gasteiger charge is -2.12. The monoisotopic (exact) mass is 330 g/mol. The van der Waals surface area contributed by atoms with Crippen LogP contribution in [0.2, 0.25) is 0 Å². The van der Waals surface area contributed by atoms with Crippen LogP contribution in [-0.2, 0) is 6.18 Å². The van der Waals surface area contributed by atoms with Gasteiger partial charge in [0.15, 0.2) is 0 Å². The van der Waals surface area contributed by atoms with E-state index in [1.165, 1.54) is 6.07 Å². The number of alkyl halides is 3. The largest absolute Gasteiger partial charge is 0.417 e. The second-order valence-corrected chi connectivity index (χ2v) is 4.79. The van der Waals surface area contributed by atoms with Crippen LogP contribution >= 0.6 is 15.9 Å². The van der Waals surface area contributed by atoms with Crippen molar-refractivity contribution in [2.45, 2.75) is 6.18 Å². The Labute approximate surface area is 116 Å². The number of anilines is 3. The van der Waals surface area contributed by atoms with Crippen molar-refractivity contribution in [3.8, 4) is 0 Å². The Morgan fingerprint density at radius 3 is 2.11 bits per heavy atom. The van der Waals surface area contributed by atoms with E-state index in [1.54, 1.807) is 30.3 Å². The van der Waals surface area contributed by atoms with E-state index in [9.17, 15) is 13.2 Å². The summed E-state index contributed by atoms with van der Waals surface area (Å²) in [5, 5.41) is 2.89. The standard InChI is InChI=1S/C13H10BrF3N2/c14-12-6-5-10(7-11(12)13(15,16)17)19-9-3-1-8(18)2-4-9/h1-7,19H,18H2. The molecule has 6 heteroatoms. The first kappa shape index (κ1) is 13.7. The number of nitrogen functional groups attached to an aromatic ring is 1. The van der Waals surface area contributed by atoms with E-state index in [1.807, 2.05) is 0 Å². The maximum atomic E-state index is 12.7. The molecule has 0 saturated heterocycles. The third-order valence-electron chi connectivity index (χ3n) is 2.47. The summed E-state index contributed by atoms with van der Waals surface area (Å²) in [6, 6.07) is 10.7. The molecule has 0 spiro atoms. The number of rotatable bonds is 2. The van der Waals surface area contributed by atoms with Crippen molar-refractivity contribution in [3.63, 3.8) is 0 Å². The lowest BCUT2D eigenvalue weighted by atomic mass is 10.2. The first-order chi connectivity index (χ1) is 8.86. The van der Waals surface area contributed by atoms with E-state index in [0.29, 0.717) is 17.1 Å². The molecule has 0 aliphatic rings. The zero-order chi connectivity index (χ0) is 14.0. The predicted octanol–water partition coefficient (Wildman–Crippen LogP) is 4.79. The van der Waals surface area contributed by atoms with Crippen LogP contribution in [0.4, 0.5) is 30.2 Å². The lowest BCUT2D eigenvalue weighted by Crippen LogP contribution is -2.06. The third kappa shape index (κ3) is 3.41. The molecule has 0 atom stereocenters. The number of hydrogen-bond acceptors (Lipinski definition) is 2. The summed E-state index contributed by atoms with van der Waals surface area (Å²) in [6.07, 6.45) is -4.39. The first-order valence-corrected chi connectivity index (χ1v) is 6.15. The number of hydrogen-bond donors (Lipinski definition) is 2. The molecule has 0 saturated carbocycles. The lowest BCUT2D eigenvalue weighted by molar-refractivity contribution is -0.138. The minimum atomic E-state index is -4.39. The van der Waals surface area contributed by atoms with Crippen molar-refractivity contribution < 1.29 is 13.2 Å². The molecule has 100 valence electrons. The summed E-state index contributed by atoms with van der Waals surface area (Å²) < 4.78 is 38.3. The molecule has 2 rings (SSSR count). The molecule has 0 amide bonds. The number of nitrogens with one attached hydrogen (secondary N) is 1. The molecular formula is C13H10BrF3N2. The van der Waals surface area contributed by atoms with Crippen LogP contribution in [0.3, 0.4) is 0 Å². The van der Waals surface area contributed by atoms with Gasteiger partial charge in [-0.05, 0) is 42.5 Å². The van der Waals surface area contributed by atoms with Crippen molar-refractivity contribution in [3.05, 3.63) is 52.5 Å². The Kier molecular flexibility index (Phi) is 3.71. The van der Waals surface area contributed by atoms with E-state index < -0.39 is 11.7 Å². The predicted molar refractivity (Wildman–Crippen MR) is 73.3 cm³/mol. The summed E-state index contributed by atoms with van der Waals surface area (Å²) >= 11 is 2.90. The van der Waals surface area contributed by atoms with Crippen molar-refractivity contribution in [1.82, 2.24) is 0 Å². The highest BCUT2D eigenvalue weighted by Gasteiger charge is 2.33. The van der Waals surface area contributed by atoms with Gasteiger partial charge in [-0.3, -0.25) is 0 Å². The molecule has 0 unspecified atom stereocenters. The summed E-state index contributed by atoms with van der Waals surface area (Å²) in [6.45, 7) is 0. The van der Waals surface area contributed by atoms with Gasteiger partial charge in [-0.1, -0.05) is 15.9 Å². The van der Waals surface area contributed by atoms with Gasteiger partial charge in [-0.25, -0.2) is 0 Å². The fourth-order valence-electron chi connectivity index (χ4n) is 1.55. The van der Waals surface area contributed by atoms with Crippen LogP contribution in [0.1, 0.15) is 5.56 Å². The molecule has 2 nitrogen and oxygen atoms in total. The first-order valence-electron chi connectivity index (χ1n) is 5.35. The number of nitrogens with two attached hydrogens (primary N) is 1. The Bertz CT molecular complexity index is 579. The van der Waals surface area contributed by atoms with E-state index in [-0.39, 0.29) is 4.47 Å². The Hall–Kier alpha value is -1.69. The summed E-state index contributed by atoms with van der Waals surface area (Å²) in [4.78, 5) is 0. The highest BCUT2D eigenvalue weighted by molar-refractivity contribution is 9.10. The van der Waals surface area contributed by atoms with Gasteiger partial charge >= 0.3 is 6.18 Å².